The van der Waals surface area contributed by atoms with Gasteiger partial charge in [0.25, 0.3) is 0 Å². The largest absolute Gasteiger partial charge is 0.463 e. The van der Waals surface area contributed by atoms with Crippen molar-refractivity contribution in [3.05, 3.63) is 35.9 Å². The van der Waals surface area contributed by atoms with Gasteiger partial charge >= 0.3 is 17.9 Å². The summed E-state index contributed by atoms with van der Waals surface area (Å²) in [4.78, 5) is 47.0. The number of carbonyl (C=O) groups excluding carboxylic acids is 4. The molecule has 1 saturated heterocycles. The normalized spacial score (nSPS) is 23.1. The molecule has 1 fully saturated rings. The highest BCUT2D eigenvalue weighted by Gasteiger charge is 2.51. The first-order valence-corrected chi connectivity index (χ1v) is 12.3. The first-order valence-electron chi connectivity index (χ1n) is 12.3. The van der Waals surface area contributed by atoms with Gasteiger partial charge in [-0.3, -0.25) is 19.2 Å². The number of hydrogen-bond acceptors (Lipinski definition) is 10. The van der Waals surface area contributed by atoms with Crippen LogP contribution in [-0.4, -0.2) is 74.3 Å². The summed E-state index contributed by atoms with van der Waals surface area (Å²) >= 11 is 0. The SMILES string of the molecule is CC(=O)N[C@H]1[C@H](OCCCCCOCc2ccccc2)O[C@H](COC(C)=O)[C@H](OC(C)=O)[C@@H]1OC(C)=O. The summed E-state index contributed by atoms with van der Waals surface area (Å²) < 4.78 is 33.5. The van der Waals surface area contributed by atoms with E-state index in [9.17, 15) is 19.2 Å². The van der Waals surface area contributed by atoms with Crippen LogP contribution in [0.15, 0.2) is 30.3 Å². The van der Waals surface area contributed by atoms with E-state index >= 15 is 0 Å². The lowest BCUT2D eigenvalue weighted by molar-refractivity contribution is -0.277. The highest BCUT2D eigenvalue weighted by Crippen LogP contribution is 2.28. The molecule has 206 valence electrons. The zero-order valence-electron chi connectivity index (χ0n) is 21.8. The topological polar surface area (TPSA) is 136 Å². The van der Waals surface area contributed by atoms with Gasteiger partial charge in [0, 0.05) is 40.9 Å². The van der Waals surface area contributed by atoms with Crippen molar-refractivity contribution in [3.8, 4) is 0 Å². The molecule has 1 aromatic rings. The highest BCUT2D eigenvalue weighted by atomic mass is 16.7. The minimum Gasteiger partial charge on any atom is -0.463 e. The van der Waals surface area contributed by atoms with Gasteiger partial charge in [-0.2, -0.15) is 0 Å². The maximum absolute atomic E-state index is 11.9. The van der Waals surface area contributed by atoms with E-state index in [4.69, 9.17) is 28.4 Å². The maximum Gasteiger partial charge on any atom is 0.303 e. The Morgan fingerprint density at radius 3 is 2.11 bits per heavy atom. The minimum absolute atomic E-state index is 0.267. The molecule has 1 aromatic carbocycles. The molecular formula is C26H37NO10. The second kappa shape index (κ2) is 16.0. The van der Waals surface area contributed by atoms with Crippen LogP contribution >= 0.6 is 0 Å². The molecule has 2 rings (SSSR count). The van der Waals surface area contributed by atoms with Crippen molar-refractivity contribution in [1.82, 2.24) is 5.32 Å². The van der Waals surface area contributed by atoms with Gasteiger partial charge in [-0.1, -0.05) is 30.3 Å². The van der Waals surface area contributed by atoms with Crippen molar-refractivity contribution in [2.75, 3.05) is 19.8 Å². The van der Waals surface area contributed by atoms with Crippen molar-refractivity contribution in [3.63, 3.8) is 0 Å². The molecular weight excluding hydrogens is 486 g/mol. The molecule has 37 heavy (non-hydrogen) atoms. The summed E-state index contributed by atoms with van der Waals surface area (Å²) in [7, 11) is 0. The lowest BCUT2D eigenvalue weighted by Crippen LogP contribution is -2.66. The van der Waals surface area contributed by atoms with Crippen molar-refractivity contribution >= 4 is 23.8 Å². The first-order chi connectivity index (χ1) is 17.7. The molecule has 0 aliphatic carbocycles. The fraction of sp³-hybridized carbons (Fsp3) is 0.615. The van der Waals surface area contributed by atoms with Crippen LogP contribution in [0, 0.1) is 0 Å². The third-order valence-electron chi connectivity index (χ3n) is 5.40. The van der Waals surface area contributed by atoms with Gasteiger partial charge in [-0.15, -0.1) is 0 Å². The second-order valence-corrected chi connectivity index (χ2v) is 8.69. The van der Waals surface area contributed by atoms with E-state index in [0.717, 1.165) is 18.4 Å². The predicted molar refractivity (Wildman–Crippen MR) is 130 cm³/mol. The molecule has 1 N–H and O–H groups in total. The van der Waals surface area contributed by atoms with Gasteiger partial charge in [-0.25, -0.2) is 0 Å². The maximum atomic E-state index is 11.9. The lowest BCUT2D eigenvalue weighted by atomic mass is 9.96. The molecule has 1 aliphatic heterocycles. The van der Waals surface area contributed by atoms with Gasteiger partial charge in [0.05, 0.1) is 6.61 Å². The number of benzene rings is 1. The van der Waals surface area contributed by atoms with Crippen LogP contribution in [-0.2, 0) is 54.2 Å². The summed E-state index contributed by atoms with van der Waals surface area (Å²) in [5, 5.41) is 2.68. The first kappa shape index (κ1) is 30.2. The second-order valence-electron chi connectivity index (χ2n) is 8.69. The summed E-state index contributed by atoms with van der Waals surface area (Å²) in [6, 6.07) is 8.94. The molecule has 0 bridgehead atoms. The number of esters is 3. The molecule has 1 aliphatic rings. The molecule has 0 unspecified atom stereocenters. The average molecular weight is 524 g/mol. The number of ether oxygens (including phenoxy) is 6. The Hall–Kier alpha value is -3.02. The Kier molecular flexibility index (Phi) is 13.0. The average Bonchev–Trinajstić information content (AvgIpc) is 2.82. The fourth-order valence-corrected chi connectivity index (χ4v) is 3.88. The Bertz CT molecular complexity index is 877. The van der Waals surface area contributed by atoms with Gasteiger partial charge in [0.15, 0.2) is 18.5 Å². The Morgan fingerprint density at radius 2 is 1.49 bits per heavy atom. The number of rotatable bonds is 14. The Balaban J connectivity index is 1.98. The van der Waals surface area contributed by atoms with E-state index in [-0.39, 0.29) is 13.2 Å². The van der Waals surface area contributed by atoms with Gasteiger partial charge in [-0.05, 0) is 24.8 Å². The number of hydrogen-bond donors (Lipinski definition) is 1. The predicted octanol–water partition coefficient (Wildman–Crippen LogP) is 2.05. The molecule has 0 aromatic heterocycles. The van der Waals surface area contributed by atoms with Crippen LogP contribution in [0.25, 0.3) is 0 Å². The van der Waals surface area contributed by atoms with E-state index in [1.165, 1.54) is 27.7 Å². The van der Waals surface area contributed by atoms with Gasteiger partial charge in [0.2, 0.25) is 5.91 Å². The highest BCUT2D eigenvalue weighted by molar-refractivity contribution is 5.73. The Labute approximate surface area is 217 Å². The molecule has 5 atom stereocenters. The van der Waals surface area contributed by atoms with Crippen molar-refractivity contribution in [1.29, 1.82) is 0 Å². The number of unbranched alkanes of at least 4 members (excludes halogenated alkanes) is 2. The van der Waals surface area contributed by atoms with Crippen molar-refractivity contribution in [2.24, 2.45) is 0 Å². The van der Waals surface area contributed by atoms with Crippen LogP contribution in [0.2, 0.25) is 0 Å². The van der Waals surface area contributed by atoms with E-state index in [0.29, 0.717) is 19.6 Å². The zero-order valence-corrected chi connectivity index (χ0v) is 21.8. The van der Waals surface area contributed by atoms with Crippen LogP contribution in [0.3, 0.4) is 0 Å². The Morgan fingerprint density at radius 1 is 0.838 bits per heavy atom. The summed E-state index contributed by atoms with van der Waals surface area (Å²) in [5.41, 5.74) is 1.11. The number of amides is 1. The molecule has 0 spiro atoms. The summed E-state index contributed by atoms with van der Waals surface area (Å²) in [6.45, 7) is 6.08. The van der Waals surface area contributed by atoms with E-state index < -0.39 is 54.5 Å². The van der Waals surface area contributed by atoms with Crippen molar-refractivity contribution in [2.45, 2.75) is 84.2 Å². The molecule has 0 saturated carbocycles. The fourth-order valence-electron chi connectivity index (χ4n) is 3.88. The summed E-state index contributed by atoms with van der Waals surface area (Å²) in [5.74, 6) is -2.30. The third kappa shape index (κ3) is 11.3. The van der Waals surface area contributed by atoms with Gasteiger partial charge in [0.1, 0.15) is 18.8 Å². The van der Waals surface area contributed by atoms with Gasteiger partial charge < -0.3 is 33.7 Å². The summed E-state index contributed by atoms with van der Waals surface area (Å²) in [6.07, 6.45) is -1.96. The molecule has 1 heterocycles. The van der Waals surface area contributed by atoms with Crippen LogP contribution < -0.4 is 5.32 Å². The molecule has 1 amide bonds. The van der Waals surface area contributed by atoms with E-state index in [1.807, 2.05) is 30.3 Å². The third-order valence-corrected chi connectivity index (χ3v) is 5.40. The van der Waals surface area contributed by atoms with Crippen LogP contribution in [0.4, 0.5) is 0 Å². The standard InChI is InChI=1S/C26H37NO10/c1-17(28)27-23-25(36-20(4)31)24(35-19(3)30)22(16-34-18(2)29)37-26(23)33-14-10-6-9-13-32-15-21-11-7-5-8-12-21/h5,7-8,11-12,22-26H,6,9-10,13-16H2,1-4H3,(H,27,28)/t22-,23-,24+,25-,26-/m1/s1. The lowest BCUT2D eigenvalue weighted by Gasteiger charge is -2.44. The van der Waals surface area contributed by atoms with Crippen LogP contribution in [0.1, 0.15) is 52.5 Å². The van der Waals surface area contributed by atoms with E-state index in [2.05, 4.69) is 5.32 Å². The van der Waals surface area contributed by atoms with Crippen LogP contribution in [0.5, 0.6) is 0 Å². The smallest absolute Gasteiger partial charge is 0.303 e. The van der Waals surface area contributed by atoms with Crippen molar-refractivity contribution < 1.29 is 47.6 Å². The molecule has 0 radical (unpaired) electrons. The number of nitrogens with one attached hydrogen (secondary N) is 1. The zero-order chi connectivity index (χ0) is 27.2. The van der Waals surface area contributed by atoms with E-state index in [1.54, 1.807) is 0 Å². The molecule has 11 nitrogen and oxygen atoms in total. The monoisotopic (exact) mass is 523 g/mol. The molecule has 11 heteroatoms. The number of carbonyl (C=O) groups is 4. The minimum atomic E-state index is -1.14. The quantitative estimate of drug-likeness (QED) is 0.219.